The van der Waals surface area contributed by atoms with E-state index in [2.05, 4.69) is 77.6 Å². The van der Waals surface area contributed by atoms with Gasteiger partial charge in [-0.1, -0.05) is 266 Å². The highest BCUT2D eigenvalue weighted by Gasteiger charge is 2.08. The molecule has 0 saturated heterocycles. The van der Waals surface area contributed by atoms with Crippen molar-refractivity contribution in [1.29, 1.82) is 43.3 Å². The van der Waals surface area contributed by atoms with Gasteiger partial charge in [0.1, 0.15) is 0 Å². The van der Waals surface area contributed by atoms with Gasteiger partial charge in [-0.05, 0) is 136 Å². The second-order valence-electron chi connectivity index (χ2n) is 26.8. The Labute approximate surface area is 665 Å². The van der Waals surface area contributed by atoms with Crippen molar-refractivity contribution in [2.45, 2.75) is 271 Å². The number of benzene rings is 4. The largest absolute Gasteiger partial charge is 0.481 e. The Balaban J connectivity index is 0.000000744. The molecule has 0 aliphatic carbocycles. The van der Waals surface area contributed by atoms with Gasteiger partial charge in [0.05, 0.1) is 0 Å². The number of rotatable bonds is 50. The Hall–Kier alpha value is -8.06. The Morgan fingerprint density at radius 2 is 0.407 bits per heavy atom. The van der Waals surface area contributed by atoms with E-state index in [0.717, 1.165) is 77.0 Å². The first-order valence-corrected chi connectivity index (χ1v) is 40.9. The molecule has 4 aromatic rings. The zero-order valence-electron chi connectivity index (χ0n) is 64.6. The lowest BCUT2D eigenvalue weighted by Crippen LogP contribution is -2.43. The van der Waals surface area contributed by atoms with Crippen LogP contribution in [0.3, 0.4) is 0 Å². The van der Waals surface area contributed by atoms with Gasteiger partial charge in [0.15, 0.2) is 47.7 Å². The van der Waals surface area contributed by atoms with E-state index in [4.69, 9.17) is 99.9 Å². The van der Waals surface area contributed by atoms with E-state index in [1.54, 1.807) is 97.1 Å². The van der Waals surface area contributed by atoms with Crippen LogP contribution in [0.25, 0.3) is 0 Å². The number of carbonyl (C=O) groups is 2. The van der Waals surface area contributed by atoms with Crippen molar-refractivity contribution in [1.82, 2.24) is 42.5 Å². The number of hydrogen-bond donors (Lipinski definition) is 22. The van der Waals surface area contributed by atoms with Crippen LogP contribution < -0.4 is 63.8 Å². The number of guanidine groups is 8. The van der Waals surface area contributed by atoms with Crippen LogP contribution in [0.2, 0.25) is 20.1 Å². The summed E-state index contributed by atoms with van der Waals surface area (Å²) >= 11 is 23.3. The van der Waals surface area contributed by atoms with Crippen molar-refractivity contribution < 1.29 is 19.8 Å². The predicted molar refractivity (Wildman–Crippen MR) is 458 cm³/mol. The van der Waals surface area contributed by atoms with Crippen LogP contribution >= 0.6 is 46.4 Å². The molecule has 0 amide bonds. The highest BCUT2D eigenvalue weighted by Crippen LogP contribution is 2.19. The molecule has 0 aromatic heterocycles. The lowest BCUT2D eigenvalue weighted by molar-refractivity contribution is -0.138. The number of nitrogens with one attached hydrogen (secondary N) is 20. The molecule has 0 aliphatic rings. The lowest BCUT2D eigenvalue weighted by Gasteiger charge is -2.13. The first kappa shape index (κ1) is 98.0. The SMILES string of the molecule is CCCCCCCCCCCCCCCCCC(=O)O.CCCCCCCCCCCCCCCCCC(=O)O.N=C(NCCCCCCNC(=N)NC(=N)Nc1ccc(Cl)cc1)NC(=N)Nc1ccc(Cl)cc1.N=C(NCCCCCCNC(=N)NC(=N)Nc1ccc(Cl)cc1)NC(=N)Nc1ccc(Cl)cc1. The molecule has 4 rings (SSSR count). The normalized spacial score (nSPS) is 10.4. The molecule has 0 bridgehead atoms. The van der Waals surface area contributed by atoms with Gasteiger partial charge in [0.25, 0.3) is 0 Å². The Morgan fingerprint density at radius 3 is 0.574 bits per heavy atom. The number of carboxylic acid groups (broad SMARTS) is 2. The third-order valence-corrected chi connectivity index (χ3v) is 17.9. The molecule has 24 nitrogen and oxygen atoms in total. The van der Waals surface area contributed by atoms with E-state index in [-0.39, 0.29) is 47.7 Å². The van der Waals surface area contributed by atoms with Crippen LogP contribution in [-0.4, -0.2) is 96.0 Å². The van der Waals surface area contributed by atoms with Crippen molar-refractivity contribution in [2.24, 2.45) is 0 Å². The highest BCUT2D eigenvalue weighted by atomic mass is 35.5. The number of carboxylic acids is 2. The summed E-state index contributed by atoms with van der Waals surface area (Å²) in [6, 6.07) is 27.8. The number of aliphatic carboxylic acids is 2. The van der Waals surface area contributed by atoms with Crippen molar-refractivity contribution in [3.05, 3.63) is 117 Å². The number of anilines is 4. The maximum absolute atomic E-state index is 10.3. The highest BCUT2D eigenvalue weighted by molar-refractivity contribution is 6.31. The molecule has 0 atom stereocenters. The summed E-state index contributed by atoms with van der Waals surface area (Å²) in [6.45, 7) is 7.03. The lowest BCUT2D eigenvalue weighted by atomic mass is 10.0. The fourth-order valence-corrected chi connectivity index (χ4v) is 11.4. The first-order chi connectivity index (χ1) is 52.2. The predicted octanol–water partition coefficient (Wildman–Crippen LogP) is 21.0. The molecular weight excluding hydrogens is 1450 g/mol. The minimum absolute atomic E-state index is 0.00148. The molecule has 108 heavy (non-hydrogen) atoms. The van der Waals surface area contributed by atoms with Crippen LogP contribution in [0.15, 0.2) is 97.1 Å². The summed E-state index contributed by atoms with van der Waals surface area (Å²) in [6.07, 6.45) is 47.8. The van der Waals surface area contributed by atoms with E-state index in [1.807, 2.05) is 0 Å². The maximum atomic E-state index is 10.3. The van der Waals surface area contributed by atoms with Gasteiger partial charge in [0, 0.05) is 81.9 Å². The van der Waals surface area contributed by atoms with Crippen molar-refractivity contribution in [3.63, 3.8) is 0 Å². The quantitative estimate of drug-likeness (QED) is 0.0111. The molecular formula is C80H132Cl4N20O4. The van der Waals surface area contributed by atoms with Gasteiger partial charge in [-0.2, -0.15) is 0 Å². The molecule has 0 saturated carbocycles. The Kier molecular flexibility index (Phi) is 61.9. The summed E-state index contributed by atoms with van der Waals surface area (Å²) in [5, 5.41) is 116. The van der Waals surface area contributed by atoms with Crippen LogP contribution in [0, 0.1) is 43.3 Å². The van der Waals surface area contributed by atoms with E-state index in [0.29, 0.717) is 81.9 Å². The second-order valence-corrected chi connectivity index (χ2v) is 28.5. The summed E-state index contributed by atoms with van der Waals surface area (Å²) in [5.74, 6) is -1.08. The van der Waals surface area contributed by atoms with Crippen LogP contribution in [0.5, 0.6) is 0 Å². The Bertz CT molecular complexity index is 2700. The first-order valence-electron chi connectivity index (χ1n) is 39.4. The minimum Gasteiger partial charge on any atom is -0.481 e. The fraction of sp³-hybridized carbons (Fsp3) is 0.575. The van der Waals surface area contributed by atoms with Crippen molar-refractivity contribution >= 4 is 129 Å². The van der Waals surface area contributed by atoms with E-state index >= 15 is 0 Å². The van der Waals surface area contributed by atoms with Crippen LogP contribution in [-0.2, 0) is 9.59 Å². The van der Waals surface area contributed by atoms with Crippen LogP contribution in [0.1, 0.15) is 271 Å². The van der Waals surface area contributed by atoms with E-state index < -0.39 is 11.9 Å². The van der Waals surface area contributed by atoms with Gasteiger partial charge < -0.3 is 52.7 Å². The molecule has 0 aliphatic heterocycles. The average molecular weight is 1580 g/mol. The smallest absolute Gasteiger partial charge is 0.303 e. The molecule has 0 fully saturated rings. The standard InChI is InChI=1S/2C22H30Cl2N10.2C18H36O2/c2*23-15-5-9-17(10-6-15)31-21(27)33-19(25)29-13-3-1-2-4-14-30-20(26)34-22(28)32-18-11-7-16(24)8-12-18;2*1-2-3-4-5-6-7-8-9-10-11-12-13-14-15-16-17-18(19)20/h2*5-12H,1-4,13-14H2,(H5,25,27,29,31,33)(H5,26,28,30,32,34);2*2-17H2,1H3,(H,19,20). The third-order valence-electron chi connectivity index (χ3n) is 16.9. The van der Waals surface area contributed by atoms with E-state index in [1.165, 1.54) is 167 Å². The summed E-state index contributed by atoms with van der Waals surface area (Å²) in [4.78, 5) is 20.7. The van der Waals surface area contributed by atoms with E-state index in [9.17, 15) is 9.59 Å². The summed E-state index contributed by atoms with van der Waals surface area (Å²) in [7, 11) is 0. The fourth-order valence-electron chi connectivity index (χ4n) is 10.9. The summed E-state index contributed by atoms with van der Waals surface area (Å²) < 4.78 is 0. The zero-order chi connectivity index (χ0) is 79.3. The number of halogens is 4. The Morgan fingerprint density at radius 1 is 0.250 bits per heavy atom. The molecule has 0 heterocycles. The molecule has 0 spiro atoms. The monoisotopic (exact) mass is 1580 g/mol. The van der Waals surface area contributed by atoms with Gasteiger partial charge in [-0.3, -0.25) is 74.1 Å². The molecule has 28 heteroatoms. The summed E-state index contributed by atoms with van der Waals surface area (Å²) in [5.41, 5.74) is 2.84. The third kappa shape index (κ3) is 64.0. The molecule has 604 valence electrons. The van der Waals surface area contributed by atoms with Gasteiger partial charge in [-0.25, -0.2) is 0 Å². The molecule has 22 N–H and O–H groups in total. The maximum Gasteiger partial charge on any atom is 0.303 e. The van der Waals surface area contributed by atoms with Gasteiger partial charge in [0.2, 0.25) is 0 Å². The van der Waals surface area contributed by atoms with Crippen molar-refractivity contribution in [2.75, 3.05) is 47.4 Å². The topological polar surface area (TPSA) is 410 Å². The second kappa shape index (κ2) is 68.2. The van der Waals surface area contributed by atoms with Crippen LogP contribution in [0.4, 0.5) is 22.7 Å². The average Bonchev–Trinajstić information content (AvgIpc) is 0.933. The minimum atomic E-state index is -0.653. The number of unbranched alkanes of at least 4 members (excludes halogenated alkanes) is 34. The molecule has 0 unspecified atom stereocenters. The van der Waals surface area contributed by atoms with Crippen molar-refractivity contribution in [3.8, 4) is 0 Å². The van der Waals surface area contributed by atoms with Gasteiger partial charge in [-0.15, -0.1) is 0 Å². The number of hydrogen-bond acceptors (Lipinski definition) is 10. The molecule has 0 radical (unpaired) electrons. The zero-order valence-corrected chi connectivity index (χ0v) is 67.6. The molecule has 4 aromatic carbocycles. The van der Waals surface area contributed by atoms with Gasteiger partial charge >= 0.3 is 11.9 Å².